The van der Waals surface area contributed by atoms with Crippen LogP contribution in [0.1, 0.15) is 20.3 Å². The van der Waals surface area contributed by atoms with Gasteiger partial charge in [0, 0.05) is 13.3 Å². The molecule has 4 atom stereocenters. The SMILES string of the molecule is CC(=O)O[C@H]1C(NC(=O)C(F)(F)F)C[C@@H](O)OC1C. The van der Waals surface area contributed by atoms with E-state index in [4.69, 9.17) is 9.47 Å². The van der Waals surface area contributed by atoms with E-state index in [0.717, 1.165) is 6.92 Å². The topological polar surface area (TPSA) is 84.9 Å². The molecule has 2 unspecified atom stereocenters. The van der Waals surface area contributed by atoms with E-state index < -0.39 is 42.6 Å². The molecule has 1 fully saturated rings. The summed E-state index contributed by atoms with van der Waals surface area (Å²) in [4.78, 5) is 21.8. The first kappa shape index (κ1) is 15.7. The lowest BCUT2D eigenvalue weighted by molar-refractivity contribution is -0.217. The van der Waals surface area contributed by atoms with Gasteiger partial charge in [0.1, 0.15) is 6.10 Å². The third-order valence-corrected chi connectivity index (χ3v) is 2.56. The second-order valence-corrected chi connectivity index (χ2v) is 4.18. The van der Waals surface area contributed by atoms with Crippen LogP contribution < -0.4 is 5.32 Å². The largest absolute Gasteiger partial charge is 0.471 e. The molecule has 0 bridgehead atoms. The van der Waals surface area contributed by atoms with Crippen molar-refractivity contribution in [3.63, 3.8) is 0 Å². The van der Waals surface area contributed by atoms with E-state index in [0.29, 0.717) is 0 Å². The number of aliphatic hydroxyl groups is 1. The van der Waals surface area contributed by atoms with E-state index in [1.54, 1.807) is 5.32 Å². The van der Waals surface area contributed by atoms with E-state index in [-0.39, 0.29) is 6.42 Å². The quantitative estimate of drug-likeness (QED) is 0.703. The molecule has 1 heterocycles. The van der Waals surface area contributed by atoms with Crippen molar-refractivity contribution >= 4 is 11.9 Å². The van der Waals surface area contributed by atoms with E-state index in [1.807, 2.05) is 0 Å². The minimum atomic E-state index is -5.05. The highest BCUT2D eigenvalue weighted by molar-refractivity contribution is 5.82. The van der Waals surface area contributed by atoms with Crippen LogP contribution in [0.3, 0.4) is 0 Å². The predicted molar refractivity (Wildman–Crippen MR) is 54.7 cm³/mol. The Labute approximate surface area is 106 Å². The number of carbonyl (C=O) groups is 2. The fourth-order valence-corrected chi connectivity index (χ4v) is 1.82. The number of carbonyl (C=O) groups excluding carboxylic acids is 2. The summed E-state index contributed by atoms with van der Waals surface area (Å²) in [6, 6.07) is -1.17. The summed E-state index contributed by atoms with van der Waals surface area (Å²) in [6.45, 7) is 2.50. The average molecular weight is 285 g/mol. The molecule has 19 heavy (non-hydrogen) atoms. The standard InChI is InChI=1S/C10H14F3NO5/c1-4-8(19-5(2)15)6(3-7(16)18-4)14-9(17)10(11,12)13/h4,6-8,16H,3H2,1-2H3,(H,14,17)/t4?,6?,7-,8+/m0/s1. The molecule has 0 saturated carbocycles. The third kappa shape index (κ3) is 4.35. The van der Waals surface area contributed by atoms with Crippen LogP contribution in [0.25, 0.3) is 0 Å². The van der Waals surface area contributed by atoms with Crippen molar-refractivity contribution in [2.24, 2.45) is 0 Å². The number of esters is 1. The fraction of sp³-hybridized carbons (Fsp3) is 0.800. The molecule has 1 saturated heterocycles. The van der Waals surface area contributed by atoms with Gasteiger partial charge in [0.05, 0.1) is 12.1 Å². The highest BCUT2D eigenvalue weighted by Gasteiger charge is 2.45. The zero-order chi connectivity index (χ0) is 14.8. The Hall–Kier alpha value is -1.35. The molecule has 0 aliphatic carbocycles. The molecule has 0 aromatic carbocycles. The summed E-state index contributed by atoms with van der Waals surface area (Å²) >= 11 is 0. The summed E-state index contributed by atoms with van der Waals surface area (Å²) in [7, 11) is 0. The number of amides is 1. The molecule has 0 spiro atoms. The first-order valence-corrected chi connectivity index (χ1v) is 5.49. The number of halogens is 3. The number of aliphatic hydroxyl groups excluding tert-OH is 1. The average Bonchev–Trinajstić information content (AvgIpc) is 2.21. The van der Waals surface area contributed by atoms with Crippen molar-refractivity contribution in [3.8, 4) is 0 Å². The second-order valence-electron chi connectivity index (χ2n) is 4.18. The van der Waals surface area contributed by atoms with Gasteiger partial charge in [0.25, 0.3) is 0 Å². The normalized spacial score (nSPS) is 31.7. The molecule has 1 aliphatic rings. The molecule has 6 nitrogen and oxygen atoms in total. The summed E-state index contributed by atoms with van der Waals surface area (Å²) in [5.74, 6) is -2.88. The lowest BCUT2D eigenvalue weighted by Gasteiger charge is -2.38. The van der Waals surface area contributed by atoms with Crippen LogP contribution in [0.4, 0.5) is 13.2 Å². The third-order valence-electron chi connectivity index (χ3n) is 2.56. The molecule has 2 N–H and O–H groups in total. The first-order chi connectivity index (χ1) is 8.61. The van der Waals surface area contributed by atoms with Crippen molar-refractivity contribution < 1.29 is 37.3 Å². The number of hydrogen-bond acceptors (Lipinski definition) is 5. The Kier molecular flexibility index (Phi) is 4.75. The van der Waals surface area contributed by atoms with Crippen molar-refractivity contribution in [1.29, 1.82) is 0 Å². The van der Waals surface area contributed by atoms with Gasteiger partial charge in [0.2, 0.25) is 0 Å². The highest BCUT2D eigenvalue weighted by atomic mass is 19.4. The summed E-state index contributed by atoms with van der Waals surface area (Å²) in [5, 5.41) is 11.0. The summed E-state index contributed by atoms with van der Waals surface area (Å²) in [5.41, 5.74) is 0. The van der Waals surface area contributed by atoms with Gasteiger partial charge >= 0.3 is 18.1 Å². The fourth-order valence-electron chi connectivity index (χ4n) is 1.82. The summed E-state index contributed by atoms with van der Waals surface area (Å²) in [6.07, 6.45) is -8.61. The van der Waals surface area contributed by atoms with Gasteiger partial charge < -0.3 is 19.9 Å². The number of ether oxygens (including phenoxy) is 2. The maximum atomic E-state index is 12.2. The van der Waals surface area contributed by atoms with Gasteiger partial charge in [-0.15, -0.1) is 0 Å². The molecule has 9 heteroatoms. The number of alkyl halides is 3. The van der Waals surface area contributed by atoms with Gasteiger partial charge in [0.15, 0.2) is 6.29 Å². The Balaban J connectivity index is 2.79. The zero-order valence-corrected chi connectivity index (χ0v) is 10.2. The van der Waals surface area contributed by atoms with Crippen molar-refractivity contribution in [2.45, 2.75) is 51.0 Å². The van der Waals surface area contributed by atoms with Gasteiger partial charge in [-0.3, -0.25) is 9.59 Å². The van der Waals surface area contributed by atoms with E-state index in [1.165, 1.54) is 6.92 Å². The smallest absolute Gasteiger partial charge is 0.458 e. The monoisotopic (exact) mass is 285 g/mol. The van der Waals surface area contributed by atoms with Gasteiger partial charge in [-0.1, -0.05) is 0 Å². The first-order valence-electron chi connectivity index (χ1n) is 5.49. The van der Waals surface area contributed by atoms with E-state index in [2.05, 4.69) is 0 Å². The minimum absolute atomic E-state index is 0.301. The van der Waals surface area contributed by atoms with E-state index >= 15 is 0 Å². The van der Waals surface area contributed by atoms with Crippen LogP contribution in [-0.4, -0.2) is 47.7 Å². The van der Waals surface area contributed by atoms with Crippen LogP contribution in [0, 0.1) is 0 Å². The van der Waals surface area contributed by atoms with Crippen LogP contribution in [-0.2, 0) is 19.1 Å². The Morgan fingerprint density at radius 2 is 2.00 bits per heavy atom. The molecule has 110 valence electrons. The molecule has 1 rings (SSSR count). The maximum absolute atomic E-state index is 12.2. The Morgan fingerprint density at radius 3 is 2.47 bits per heavy atom. The van der Waals surface area contributed by atoms with Crippen LogP contribution in [0.5, 0.6) is 0 Å². The van der Waals surface area contributed by atoms with Crippen LogP contribution >= 0.6 is 0 Å². The zero-order valence-electron chi connectivity index (χ0n) is 10.2. The van der Waals surface area contributed by atoms with Crippen molar-refractivity contribution in [2.75, 3.05) is 0 Å². The molecular weight excluding hydrogens is 271 g/mol. The Morgan fingerprint density at radius 1 is 1.42 bits per heavy atom. The van der Waals surface area contributed by atoms with Crippen LogP contribution in [0.15, 0.2) is 0 Å². The molecule has 1 aliphatic heterocycles. The number of rotatable bonds is 2. The van der Waals surface area contributed by atoms with Gasteiger partial charge in [-0.25, -0.2) is 0 Å². The lowest BCUT2D eigenvalue weighted by atomic mass is 9.99. The van der Waals surface area contributed by atoms with Gasteiger partial charge in [-0.2, -0.15) is 13.2 Å². The summed E-state index contributed by atoms with van der Waals surface area (Å²) < 4.78 is 46.3. The minimum Gasteiger partial charge on any atom is -0.458 e. The molecular formula is C10H14F3NO5. The maximum Gasteiger partial charge on any atom is 0.471 e. The van der Waals surface area contributed by atoms with E-state index in [9.17, 15) is 27.9 Å². The van der Waals surface area contributed by atoms with Gasteiger partial charge in [-0.05, 0) is 6.92 Å². The second kappa shape index (κ2) is 5.74. The molecule has 0 aromatic heterocycles. The van der Waals surface area contributed by atoms with Crippen molar-refractivity contribution in [3.05, 3.63) is 0 Å². The van der Waals surface area contributed by atoms with Crippen LogP contribution in [0.2, 0.25) is 0 Å². The molecule has 1 amide bonds. The molecule has 0 aromatic rings. The highest BCUT2D eigenvalue weighted by Crippen LogP contribution is 2.23. The van der Waals surface area contributed by atoms with Crippen molar-refractivity contribution in [1.82, 2.24) is 5.32 Å². The molecule has 0 radical (unpaired) electrons. The number of hydrogen-bond donors (Lipinski definition) is 2. The predicted octanol–water partition coefficient (Wildman–Crippen LogP) is 0.0924. The lowest BCUT2D eigenvalue weighted by Crippen LogP contribution is -2.58. The number of nitrogens with one attached hydrogen (secondary N) is 1. The Bertz CT molecular complexity index is 360.